The molecule has 1 aromatic heterocycles. The van der Waals surface area contributed by atoms with Crippen LogP contribution in [0.4, 0.5) is 10.3 Å². The first-order chi connectivity index (χ1) is 8.69. The number of imidazole rings is 1. The van der Waals surface area contributed by atoms with Crippen LogP contribution in [-0.2, 0) is 0 Å². The second-order valence-electron chi connectivity index (χ2n) is 4.60. The summed E-state index contributed by atoms with van der Waals surface area (Å²) < 4.78 is 13.0. The second-order valence-corrected chi connectivity index (χ2v) is 4.60. The first-order valence-electron chi connectivity index (χ1n) is 6.19. The molecule has 0 saturated heterocycles. The van der Waals surface area contributed by atoms with E-state index in [0.29, 0.717) is 17.4 Å². The highest BCUT2D eigenvalue weighted by molar-refractivity contribution is 5.77. The number of halogens is 1. The van der Waals surface area contributed by atoms with Gasteiger partial charge in [-0.05, 0) is 37.0 Å². The van der Waals surface area contributed by atoms with Crippen molar-refractivity contribution >= 4 is 17.0 Å². The highest BCUT2D eigenvalue weighted by Gasteiger charge is 2.04. The van der Waals surface area contributed by atoms with E-state index in [0.717, 1.165) is 24.9 Å². The first kappa shape index (κ1) is 12.8. The van der Waals surface area contributed by atoms with E-state index in [1.165, 1.54) is 12.1 Å². The summed E-state index contributed by atoms with van der Waals surface area (Å²) in [6, 6.07) is 4.48. The molecule has 1 unspecified atom stereocenters. The lowest BCUT2D eigenvalue weighted by Crippen LogP contribution is -2.07. The van der Waals surface area contributed by atoms with E-state index in [-0.39, 0.29) is 12.4 Å². The predicted molar refractivity (Wildman–Crippen MR) is 70.0 cm³/mol. The number of hydrogen-bond acceptors (Lipinski definition) is 3. The molecule has 0 amide bonds. The fraction of sp³-hybridized carbons (Fsp3) is 0.462. The largest absolute Gasteiger partial charge is 0.396 e. The van der Waals surface area contributed by atoms with Crippen molar-refractivity contribution in [2.24, 2.45) is 5.92 Å². The van der Waals surface area contributed by atoms with Crippen LogP contribution in [-0.4, -0.2) is 28.2 Å². The second kappa shape index (κ2) is 5.82. The lowest BCUT2D eigenvalue weighted by Gasteiger charge is -2.07. The van der Waals surface area contributed by atoms with Gasteiger partial charge in [-0.15, -0.1) is 0 Å². The fourth-order valence-corrected chi connectivity index (χ4v) is 1.81. The maximum absolute atomic E-state index is 13.0. The quantitative estimate of drug-likeness (QED) is 0.691. The fourth-order valence-electron chi connectivity index (χ4n) is 1.81. The van der Waals surface area contributed by atoms with Gasteiger partial charge < -0.3 is 15.4 Å². The number of nitrogens with one attached hydrogen (secondary N) is 2. The Hall–Kier alpha value is -1.62. The van der Waals surface area contributed by atoms with Gasteiger partial charge in [0.05, 0.1) is 11.0 Å². The smallest absolute Gasteiger partial charge is 0.201 e. The third-order valence-corrected chi connectivity index (χ3v) is 2.92. The Labute approximate surface area is 105 Å². The van der Waals surface area contributed by atoms with E-state index < -0.39 is 0 Å². The van der Waals surface area contributed by atoms with Crippen LogP contribution in [0, 0.1) is 11.7 Å². The molecule has 18 heavy (non-hydrogen) atoms. The number of aromatic amines is 1. The van der Waals surface area contributed by atoms with Crippen LogP contribution in [0.15, 0.2) is 18.2 Å². The van der Waals surface area contributed by atoms with Crippen molar-refractivity contribution in [3.05, 3.63) is 24.0 Å². The van der Waals surface area contributed by atoms with Crippen LogP contribution in [0.1, 0.15) is 19.8 Å². The molecule has 0 bridgehead atoms. The zero-order chi connectivity index (χ0) is 13.0. The van der Waals surface area contributed by atoms with Crippen molar-refractivity contribution in [2.75, 3.05) is 18.5 Å². The Bertz CT molecular complexity index is 512. The molecule has 0 aliphatic heterocycles. The normalized spacial score (nSPS) is 12.8. The Morgan fingerprint density at radius 3 is 3.11 bits per heavy atom. The third kappa shape index (κ3) is 3.20. The number of anilines is 1. The van der Waals surface area contributed by atoms with Crippen molar-refractivity contribution < 1.29 is 9.50 Å². The predicted octanol–water partition coefficient (Wildman–Crippen LogP) is 2.52. The van der Waals surface area contributed by atoms with Crippen LogP contribution in [0.3, 0.4) is 0 Å². The monoisotopic (exact) mass is 251 g/mol. The number of aromatic nitrogens is 2. The molecular weight excluding hydrogens is 233 g/mol. The SMILES string of the molecule is CC(CO)CCCNc1nc2ccc(F)cc2[nH]1. The molecule has 98 valence electrons. The molecule has 0 spiro atoms. The van der Waals surface area contributed by atoms with Crippen molar-refractivity contribution in [3.8, 4) is 0 Å². The average Bonchev–Trinajstić information content (AvgIpc) is 2.76. The van der Waals surface area contributed by atoms with E-state index in [9.17, 15) is 4.39 Å². The van der Waals surface area contributed by atoms with Gasteiger partial charge in [0.25, 0.3) is 0 Å². The van der Waals surface area contributed by atoms with Crippen LogP contribution >= 0.6 is 0 Å². The molecule has 0 fully saturated rings. The zero-order valence-electron chi connectivity index (χ0n) is 10.4. The van der Waals surface area contributed by atoms with Crippen molar-refractivity contribution in [2.45, 2.75) is 19.8 Å². The van der Waals surface area contributed by atoms with E-state index in [1.807, 2.05) is 6.92 Å². The van der Waals surface area contributed by atoms with Crippen molar-refractivity contribution in [1.29, 1.82) is 0 Å². The topological polar surface area (TPSA) is 60.9 Å². The van der Waals surface area contributed by atoms with Crippen LogP contribution in [0.5, 0.6) is 0 Å². The summed E-state index contributed by atoms with van der Waals surface area (Å²) in [5.74, 6) is 0.721. The lowest BCUT2D eigenvalue weighted by molar-refractivity contribution is 0.229. The third-order valence-electron chi connectivity index (χ3n) is 2.92. The summed E-state index contributed by atoms with van der Waals surface area (Å²) in [7, 11) is 0. The number of H-pyrrole nitrogens is 1. The summed E-state index contributed by atoms with van der Waals surface area (Å²) in [6.45, 7) is 3.03. The minimum atomic E-state index is -0.269. The summed E-state index contributed by atoms with van der Waals surface area (Å²) in [5.41, 5.74) is 1.45. The molecule has 2 rings (SSSR count). The van der Waals surface area contributed by atoms with Gasteiger partial charge in [0, 0.05) is 13.2 Å². The highest BCUT2D eigenvalue weighted by Crippen LogP contribution is 2.15. The number of nitrogens with zero attached hydrogens (tertiary/aromatic N) is 1. The summed E-state index contributed by atoms with van der Waals surface area (Å²) in [6.07, 6.45) is 1.94. The van der Waals surface area contributed by atoms with Crippen molar-refractivity contribution in [1.82, 2.24) is 9.97 Å². The number of aliphatic hydroxyl groups is 1. The van der Waals surface area contributed by atoms with Crippen LogP contribution < -0.4 is 5.32 Å². The van der Waals surface area contributed by atoms with E-state index in [4.69, 9.17) is 5.11 Å². The van der Waals surface area contributed by atoms with Crippen LogP contribution in [0.25, 0.3) is 11.0 Å². The summed E-state index contributed by atoms with van der Waals surface area (Å²) >= 11 is 0. The van der Waals surface area contributed by atoms with Gasteiger partial charge in [-0.25, -0.2) is 9.37 Å². The van der Waals surface area contributed by atoms with Crippen LogP contribution in [0.2, 0.25) is 0 Å². The molecule has 3 N–H and O–H groups in total. The number of hydrogen-bond donors (Lipinski definition) is 3. The Balaban J connectivity index is 1.88. The summed E-state index contributed by atoms with van der Waals surface area (Å²) in [5, 5.41) is 12.1. The maximum Gasteiger partial charge on any atom is 0.201 e. The van der Waals surface area contributed by atoms with Gasteiger partial charge in [0.15, 0.2) is 0 Å². The molecule has 0 aliphatic carbocycles. The minimum Gasteiger partial charge on any atom is -0.396 e. The molecule has 4 nitrogen and oxygen atoms in total. The number of rotatable bonds is 6. The Morgan fingerprint density at radius 2 is 2.33 bits per heavy atom. The van der Waals surface area contributed by atoms with E-state index in [1.54, 1.807) is 6.07 Å². The van der Waals surface area contributed by atoms with Gasteiger partial charge >= 0.3 is 0 Å². The molecule has 0 radical (unpaired) electrons. The lowest BCUT2D eigenvalue weighted by atomic mass is 10.1. The Kier molecular flexibility index (Phi) is 4.15. The molecule has 0 aliphatic rings. The zero-order valence-corrected chi connectivity index (χ0v) is 10.4. The maximum atomic E-state index is 13.0. The molecule has 1 atom stereocenters. The van der Waals surface area contributed by atoms with Gasteiger partial charge in [-0.1, -0.05) is 6.92 Å². The molecule has 1 heterocycles. The number of fused-ring (bicyclic) bond motifs is 1. The minimum absolute atomic E-state index is 0.226. The standard InChI is InChI=1S/C13H18FN3O/c1-9(8-18)3-2-6-15-13-16-11-5-4-10(14)7-12(11)17-13/h4-5,7,9,18H,2-3,6,8H2,1H3,(H2,15,16,17). The number of aliphatic hydroxyl groups excluding tert-OH is 1. The molecule has 1 aromatic carbocycles. The number of benzene rings is 1. The highest BCUT2D eigenvalue weighted by atomic mass is 19.1. The van der Waals surface area contributed by atoms with E-state index in [2.05, 4.69) is 15.3 Å². The van der Waals surface area contributed by atoms with Gasteiger partial charge in [-0.2, -0.15) is 0 Å². The Morgan fingerprint density at radius 1 is 1.50 bits per heavy atom. The summed E-state index contributed by atoms with van der Waals surface area (Å²) in [4.78, 5) is 7.33. The van der Waals surface area contributed by atoms with Gasteiger partial charge in [-0.3, -0.25) is 0 Å². The van der Waals surface area contributed by atoms with Gasteiger partial charge in [0.1, 0.15) is 5.82 Å². The van der Waals surface area contributed by atoms with E-state index >= 15 is 0 Å². The first-order valence-corrected chi connectivity index (χ1v) is 6.19. The molecule has 0 saturated carbocycles. The molecule has 2 aromatic rings. The molecular formula is C13H18FN3O. The van der Waals surface area contributed by atoms with Crippen molar-refractivity contribution in [3.63, 3.8) is 0 Å². The average molecular weight is 251 g/mol. The van der Waals surface area contributed by atoms with Gasteiger partial charge in [0.2, 0.25) is 5.95 Å². The molecule has 5 heteroatoms.